The normalized spacial score (nSPS) is 20.7. The Labute approximate surface area is 88.7 Å². The summed E-state index contributed by atoms with van der Waals surface area (Å²) in [5.41, 5.74) is 6.35. The van der Waals surface area contributed by atoms with Crippen molar-refractivity contribution in [1.29, 1.82) is 0 Å². The van der Waals surface area contributed by atoms with E-state index >= 15 is 0 Å². The maximum atomic E-state index is 11.6. The molecule has 2 heterocycles. The Morgan fingerprint density at radius 2 is 2.47 bits per heavy atom. The van der Waals surface area contributed by atoms with Gasteiger partial charge in [0.15, 0.2) is 0 Å². The van der Waals surface area contributed by atoms with E-state index in [0.29, 0.717) is 13.1 Å². The van der Waals surface area contributed by atoms with E-state index in [1.807, 2.05) is 6.07 Å². The average molecular weight is 208 g/mol. The van der Waals surface area contributed by atoms with Gasteiger partial charge in [-0.15, -0.1) is 0 Å². The zero-order valence-corrected chi connectivity index (χ0v) is 8.69. The van der Waals surface area contributed by atoms with Crippen LogP contribution in [0.3, 0.4) is 0 Å². The summed E-state index contributed by atoms with van der Waals surface area (Å²) in [6, 6.07) is 3.48. The summed E-state index contributed by atoms with van der Waals surface area (Å²) >= 11 is 0. The topological polar surface area (TPSA) is 57.2 Å². The Balaban J connectivity index is 2.11. The van der Waals surface area contributed by atoms with Crippen molar-refractivity contribution in [2.75, 3.05) is 6.61 Å². The SMILES string of the molecule is NCc1ccn(CC2CCCO2)c(=O)c1. The Morgan fingerprint density at radius 1 is 1.60 bits per heavy atom. The lowest BCUT2D eigenvalue weighted by Crippen LogP contribution is -2.26. The van der Waals surface area contributed by atoms with Crippen LogP contribution in [-0.2, 0) is 17.8 Å². The van der Waals surface area contributed by atoms with Crippen LogP contribution in [0.2, 0.25) is 0 Å². The Morgan fingerprint density at radius 3 is 3.07 bits per heavy atom. The average Bonchev–Trinajstić information content (AvgIpc) is 2.74. The molecule has 2 N–H and O–H groups in total. The first kappa shape index (κ1) is 10.4. The van der Waals surface area contributed by atoms with Gasteiger partial charge in [-0.2, -0.15) is 0 Å². The lowest BCUT2D eigenvalue weighted by Gasteiger charge is -2.11. The van der Waals surface area contributed by atoms with Crippen molar-refractivity contribution in [2.45, 2.75) is 32.0 Å². The smallest absolute Gasteiger partial charge is 0.250 e. The molecule has 1 fully saturated rings. The standard InChI is InChI=1S/C11H16N2O2/c12-7-9-3-4-13(11(14)6-9)8-10-2-1-5-15-10/h3-4,6,10H,1-2,5,7-8,12H2. The van der Waals surface area contributed by atoms with Crippen LogP contribution in [0.4, 0.5) is 0 Å². The van der Waals surface area contributed by atoms with E-state index in [2.05, 4.69) is 0 Å². The van der Waals surface area contributed by atoms with Gasteiger partial charge in [0.1, 0.15) is 0 Å². The summed E-state index contributed by atoms with van der Waals surface area (Å²) in [6.07, 6.45) is 4.14. The van der Waals surface area contributed by atoms with Gasteiger partial charge in [0.25, 0.3) is 5.56 Å². The zero-order valence-electron chi connectivity index (χ0n) is 8.69. The first-order valence-electron chi connectivity index (χ1n) is 5.30. The van der Waals surface area contributed by atoms with Crippen LogP contribution in [0, 0.1) is 0 Å². The number of rotatable bonds is 3. The second kappa shape index (κ2) is 4.59. The van der Waals surface area contributed by atoms with Crippen LogP contribution >= 0.6 is 0 Å². The molecule has 0 saturated carbocycles. The molecule has 1 saturated heterocycles. The van der Waals surface area contributed by atoms with Crippen molar-refractivity contribution in [3.63, 3.8) is 0 Å². The molecule has 1 aromatic heterocycles. The summed E-state index contributed by atoms with van der Waals surface area (Å²) in [7, 11) is 0. The summed E-state index contributed by atoms with van der Waals surface area (Å²) in [5, 5.41) is 0. The summed E-state index contributed by atoms with van der Waals surface area (Å²) in [5.74, 6) is 0. The molecule has 1 unspecified atom stereocenters. The van der Waals surface area contributed by atoms with Crippen LogP contribution in [0.25, 0.3) is 0 Å². The molecule has 0 aromatic carbocycles. The third kappa shape index (κ3) is 2.46. The van der Waals surface area contributed by atoms with E-state index in [0.717, 1.165) is 25.0 Å². The molecule has 1 atom stereocenters. The summed E-state index contributed by atoms with van der Waals surface area (Å²) < 4.78 is 7.17. The second-order valence-corrected chi connectivity index (χ2v) is 3.86. The molecule has 4 nitrogen and oxygen atoms in total. The van der Waals surface area contributed by atoms with Crippen molar-refractivity contribution in [3.05, 3.63) is 34.2 Å². The van der Waals surface area contributed by atoms with Gasteiger partial charge in [-0.05, 0) is 24.5 Å². The van der Waals surface area contributed by atoms with Crippen LogP contribution in [0.5, 0.6) is 0 Å². The molecule has 1 aromatic rings. The number of aromatic nitrogens is 1. The molecule has 1 aliphatic heterocycles. The monoisotopic (exact) mass is 208 g/mol. The molecule has 0 spiro atoms. The molecule has 82 valence electrons. The zero-order chi connectivity index (χ0) is 10.7. The van der Waals surface area contributed by atoms with Gasteiger partial charge in [-0.3, -0.25) is 4.79 Å². The quantitative estimate of drug-likeness (QED) is 0.786. The fourth-order valence-corrected chi connectivity index (χ4v) is 1.83. The van der Waals surface area contributed by atoms with Crippen LogP contribution in [0.15, 0.2) is 23.1 Å². The van der Waals surface area contributed by atoms with Crippen molar-refractivity contribution >= 4 is 0 Å². The minimum absolute atomic E-state index is 0.00782. The number of ether oxygens (including phenoxy) is 1. The molecule has 0 aliphatic carbocycles. The lowest BCUT2D eigenvalue weighted by atomic mass is 10.2. The highest BCUT2D eigenvalue weighted by Crippen LogP contribution is 2.13. The van der Waals surface area contributed by atoms with E-state index in [9.17, 15) is 4.79 Å². The maximum absolute atomic E-state index is 11.6. The second-order valence-electron chi connectivity index (χ2n) is 3.86. The highest BCUT2D eigenvalue weighted by molar-refractivity contribution is 5.10. The fourth-order valence-electron chi connectivity index (χ4n) is 1.83. The predicted molar refractivity (Wildman–Crippen MR) is 57.6 cm³/mol. The van der Waals surface area contributed by atoms with Gasteiger partial charge < -0.3 is 15.0 Å². The van der Waals surface area contributed by atoms with E-state index in [1.54, 1.807) is 16.8 Å². The number of nitrogens with zero attached hydrogens (tertiary/aromatic N) is 1. The molecular formula is C11H16N2O2. The van der Waals surface area contributed by atoms with Crippen molar-refractivity contribution in [2.24, 2.45) is 5.73 Å². The molecule has 1 aliphatic rings. The first-order chi connectivity index (χ1) is 7.29. The Bertz CT molecular complexity index is 380. The minimum atomic E-state index is 0.00782. The lowest BCUT2D eigenvalue weighted by molar-refractivity contribution is 0.0961. The van der Waals surface area contributed by atoms with Gasteiger partial charge in [-0.25, -0.2) is 0 Å². The third-order valence-corrected chi connectivity index (χ3v) is 2.72. The van der Waals surface area contributed by atoms with E-state index < -0.39 is 0 Å². The van der Waals surface area contributed by atoms with Crippen molar-refractivity contribution in [1.82, 2.24) is 4.57 Å². The van der Waals surface area contributed by atoms with E-state index in [-0.39, 0.29) is 11.7 Å². The number of nitrogens with two attached hydrogens (primary N) is 1. The molecule has 0 radical (unpaired) electrons. The van der Waals surface area contributed by atoms with Gasteiger partial charge in [0, 0.05) is 25.4 Å². The Hall–Kier alpha value is -1.13. The molecule has 4 heteroatoms. The molecule has 0 bridgehead atoms. The maximum Gasteiger partial charge on any atom is 0.250 e. The molecule has 0 amide bonds. The van der Waals surface area contributed by atoms with Gasteiger partial charge in [0.2, 0.25) is 0 Å². The van der Waals surface area contributed by atoms with Gasteiger partial charge in [-0.1, -0.05) is 0 Å². The largest absolute Gasteiger partial charge is 0.376 e. The molecule has 15 heavy (non-hydrogen) atoms. The fraction of sp³-hybridized carbons (Fsp3) is 0.545. The van der Waals surface area contributed by atoms with E-state index in [4.69, 9.17) is 10.5 Å². The molecular weight excluding hydrogens is 192 g/mol. The van der Waals surface area contributed by atoms with Crippen molar-refractivity contribution in [3.8, 4) is 0 Å². The molecule has 2 rings (SSSR count). The minimum Gasteiger partial charge on any atom is -0.376 e. The summed E-state index contributed by atoms with van der Waals surface area (Å²) in [4.78, 5) is 11.6. The number of hydrogen-bond acceptors (Lipinski definition) is 3. The van der Waals surface area contributed by atoms with Gasteiger partial charge in [0.05, 0.1) is 12.6 Å². The Kier molecular flexibility index (Phi) is 3.18. The van der Waals surface area contributed by atoms with E-state index in [1.165, 1.54) is 0 Å². The summed E-state index contributed by atoms with van der Waals surface area (Å²) in [6.45, 7) is 1.89. The van der Waals surface area contributed by atoms with Crippen LogP contribution in [-0.4, -0.2) is 17.3 Å². The highest BCUT2D eigenvalue weighted by atomic mass is 16.5. The van der Waals surface area contributed by atoms with Crippen LogP contribution < -0.4 is 11.3 Å². The predicted octanol–water partition coefficient (Wildman–Crippen LogP) is 0.486. The number of pyridine rings is 1. The van der Waals surface area contributed by atoms with Crippen molar-refractivity contribution < 1.29 is 4.74 Å². The first-order valence-corrected chi connectivity index (χ1v) is 5.30. The van der Waals surface area contributed by atoms with Crippen LogP contribution in [0.1, 0.15) is 18.4 Å². The highest BCUT2D eigenvalue weighted by Gasteiger charge is 2.16. The van der Waals surface area contributed by atoms with Gasteiger partial charge >= 0.3 is 0 Å². The number of hydrogen-bond donors (Lipinski definition) is 1. The third-order valence-electron chi connectivity index (χ3n) is 2.72.